The number of ether oxygens (including phenoxy) is 1. The molecule has 0 saturated carbocycles. The lowest BCUT2D eigenvalue weighted by atomic mass is 10.2. The fourth-order valence-corrected chi connectivity index (χ4v) is 4.49. The van der Waals surface area contributed by atoms with Crippen LogP contribution >= 0.6 is 11.6 Å². The predicted molar refractivity (Wildman–Crippen MR) is 138 cm³/mol. The fourth-order valence-electron chi connectivity index (χ4n) is 4.29. The summed E-state index contributed by atoms with van der Waals surface area (Å²) in [5.41, 5.74) is 4.03. The van der Waals surface area contributed by atoms with Gasteiger partial charge in [-0.05, 0) is 48.4 Å². The van der Waals surface area contributed by atoms with Crippen molar-refractivity contribution in [2.45, 2.75) is 19.0 Å². The van der Waals surface area contributed by atoms with Crippen LogP contribution in [0.5, 0.6) is 5.75 Å². The van der Waals surface area contributed by atoms with Crippen LogP contribution in [0.15, 0.2) is 54.7 Å². The van der Waals surface area contributed by atoms with Gasteiger partial charge in [-0.3, -0.25) is 9.69 Å². The van der Waals surface area contributed by atoms with Crippen LogP contribution in [0.2, 0.25) is 5.02 Å². The second kappa shape index (κ2) is 10.5. The second-order valence-electron chi connectivity index (χ2n) is 8.74. The monoisotopic (exact) mass is 508 g/mol. The van der Waals surface area contributed by atoms with E-state index in [4.69, 9.17) is 16.3 Å². The maximum absolute atomic E-state index is 13.2. The lowest BCUT2D eigenvalue weighted by molar-refractivity contribution is -0.122. The number of benzene rings is 2. The highest BCUT2D eigenvalue weighted by Gasteiger charge is 2.24. The van der Waals surface area contributed by atoms with Crippen LogP contribution in [0.4, 0.5) is 10.1 Å². The highest BCUT2D eigenvalue weighted by molar-refractivity contribution is 6.34. The number of carbonyl (C=O) groups excluding carboxylic acids is 1. The third kappa shape index (κ3) is 5.42. The summed E-state index contributed by atoms with van der Waals surface area (Å²) >= 11 is 6.54. The molecule has 2 aromatic carbocycles. The third-order valence-electron chi connectivity index (χ3n) is 6.19. The van der Waals surface area contributed by atoms with E-state index in [0.29, 0.717) is 22.2 Å². The average Bonchev–Trinajstić information content (AvgIpc) is 3.53. The van der Waals surface area contributed by atoms with Crippen molar-refractivity contribution in [3.8, 4) is 17.1 Å². The molecule has 0 bridgehead atoms. The van der Waals surface area contributed by atoms with Crippen LogP contribution < -0.4 is 15.4 Å². The SMILES string of the molecule is CNC(=O)COc1ccc(-c2nc3ncc(Cl)c(N[C@@H]4CCN(Cc5ccc(F)cc5)C4)c3[nH]2)cc1. The first kappa shape index (κ1) is 24.0. The minimum Gasteiger partial charge on any atom is -0.484 e. The maximum atomic E-state index is 13.2. The Balaban J connectivity index is 1.29. The van der Waals surface area contributed by atoms with Gasteiger partial charge in [0.1, 0.15) is 22.9 Å². The summed E-state index contributed by atoms with van der Waals surface area (Å²) in [5, 5.41) is 6.62. The van der Waals surface area contributed by atoms with Gasteiger partial charge in [0.25, 0.3) is 5.91 Å². The quantitative estimate of drug-likeness (QED) is 0.330. The molecule has 0 unspecified atom stereocenters. The van der Waals surface area contributed by atoms with E-state index in [2.05, 4.69) is 30.5 Å². The van der Waals surface area contributed by atoms with Gasteiger partial charge < -0.3 is 20.4 Å². The van der Waals surface area contributed by atoms with Crippen molar-refractivity contribution in [2.24, 2.45) is 0 Å². The van der Waals surface area contributed by atoms with Crippen LogP contribution in [0.25, 0.3) is 22.6 Å². The number of hydrogen-bond donors (Lipinski definition) is 3. The molecule has 8 nitrogen and oxygen atoms in total. The number of anilines is 1. The third-order valence-corrected chi connectivity index (χ3v) is 6.48. The molecule has 1 amide bonds. The molecular weight excluding hydrogens is 483 g/mol. The Morgan fingerprint density at radius 3 is 2.75 bits per heavy atom. The van der Waals surface area contributed by atoms with Gasteiger partial charge in [0.2, 0.25) is 0 Å². The Morgan fingerprint density at radius 2 is 2.00 bits per heavy atom. The van der Waals surface area contributed by atoms with E-state index in [1.807, 2.05) is 24.3 Å². The first-order valence-corrected chi connectivity index (χ1v) is 12.1. The number of aromatic nitrogens is 3. The summed E-state index contributed by atoms with van der Waals surface area (Å²) in [7, 11) is 1.57. The number of likely N-dealkylation sites (tertiary alicyclic amines) is 1. The van der Waals surface area contributed by atoms with E-state index in [1.165, 1.54) is 12.1 Å². The number of likely N-dealkylation sites (N-methyl/N-ethyl adjacent to an activating group) is 1. The molecule has 186 valence electrons. The number of fused-ring (bicyclic) bond motifs is 1. The first-order valence-electron chi connectivity index (χ1n) is 11.7. The summed E-state index contributed by atoms with van der Waals surface area (Å²) in [5.74, 6) is 0.832. The van der Waals surface area contributed by atoms with Crippen LogP contribution in [0.1, 0.15) is 12.0 Å². The van der Waals surface area contributed by atoms with Crippen molar-refractivity contribution in [3.05, 3.63) is 71.1 Å². The summed E-state index contributed by atoms with van der Waals surface area (Å²) in [6.45, 7) is 2.51. The van der Waals surface area contributed by atoms with Gasteiger partial charge in [-0.1, -0.05) is 23.7 Å². The number of pyridine rings is 1. The molecule has 5 rings (SSSR count). The van der Waals surface area contributed by atoms with Gasteiger partial charge in [0.05, 0.1) is 16.9 Å². The Hall–Kier alpha value is -3.69. The molecule has 0 spiro atoms. The maximum Gasteiger partial charge on any atom is 0.257 e. The highest BCUT2D eigenvalue weighted by atomic mass is 35.5. The Kier molecular flexibility index (Phi) is 7.02. The molecular formula is C26H26ClFN6O2. The zero-order valence-corrected chi connectivity index (χ0v) is 20.5. The Morgan fingerprint density at radius 1 is 1.22 bits per heavy atom. The number of imidazole rings is 1. The first-order chi connectivity index (χ1) is 17.5. The minimum atomic E-state index is -0.222. The van der Waals surface area contributed by atoms with Crippen LogP contribution in [0.3, 0.4) is 0 Å². The number of halogens is 2. The van der Waals surface area contributed by atoms with E-state index < -0.39 is 0 Å². The Bertz CT molecular complexity index is 1360. The van der Waals surface area contributed by atoms with Crippen molar-refractivity contribution in [3.63, 3.8) is 0 Å². The molecule has 4 aromatic rings. The molecule has 3 heterocycles. The predicted octanol–water partition coefficient (Wildman–Crippen LogP) is 4.23. The van der Waals surface area contributed by atoms with Crippen molar-refractivity contribution in [1.82, 2.24) is 25.2 Å². The number of carbonyl (C=O) groups is 1. The molecule has 1 aliphatic heterocycles. The van der Waals surface area contributed by atoms with E-state index in [1.54, 1.807) is 25.4 Å². The van der Waals surface area contributed by atoms with Crippen LogP contribution in [-0.4, -0.2) is 58.5 Å². The largest absolute Gasteiger partial charge is 0.484 e. The second-order valence-corrected chi connectivity index (χ2v) is 9.15. The van der Waals surface area contributed by atoms with Gasteiger partial charge >= 0.3 is 0 Å². The van der Waals surface area contributed by atoms with Crippen LogP contribution in [0, 0.1) is 5.82 Å². The molecule has 1 fully saturated rings. The van der Waals surface area contributed by atoms with Crippen LogP contribution in [-0.2, 0) is 11.3 Å². The topological polar surface area (TPSA) is 95.2 Å². The average molecular weight is 509 g/mol. The zero-order valence-electron chi connectivity index (χ0n) is 19.7. The number of H-pyrrole nitrogens is 1. The lowest BCUT2D eigenvalue weighted by Crippen LogP contribution is -2.26. The van der Waals surface area contributed by atoms with E-state index in [9.17, 15) is 9.18 Å². The summed E-state index contributed by atoms with van der Waals surface area (Å²) < 4.78 is 18.7. The molecule has 1 atom stereocenters. The fraction of sp³-hybridized carbons (Fsp3) is 0.269. The van der Waals surface area contributed by atoms with Gasteiger partial charge in [0.15, 0.2) is 12.3 Å². The molecule has 1 aliphatic rings. The minimum absolute atomic E-state index is 0.0412. The molecule has 0 radical (unpaired) electrons. The summed E-state index contributed by atoms with van der Waals surface area (Å²) in [4.78, 5) is 26.1. The lowest BCUT2D eigenvalue weighted by Gasteiger charge is -2.18. The summed E-state index contributed by atoms with van der Waals surface area (Å²) in [6.07, 6.45) is 2.57. The van der Waals surface area contributed by atoms with Crippen molar-refractivity contribution < 1.29 is 13.9 Å². The van der Waals surface area contributed by atoms with E-state index in [-0.39, 0.29) is 24.4 Å². The number of nitrogens with zero attached hydrogens (tertiary/aromatic N) is 3. The van der Waals surface area contributed by atoms with Crippen molar-refractivity contribution in [2.75, 3.05) is 32.1 Å². The smallest absolute Gasteiger partial charge is 0.257 e. The van der Waals surface area contributed by atoms with Gasteiger partial charge in [-0.2, -0.15) is 0 Å². The molecule has 36 heavy (non-hydrogen) atoms. The number of nitrogens with one attached hydrogen (secondary N) is 3. The number of rotatable bonds is 8. The standard InChI is InChI=1S/C26H26ClFN6O2/c1-29-22(35)15-36-20-8-4-17(5-9-20)25-32-24-23(21(27)12-30-26(24)33-25)31-19-10-11-34(14-19)13-16-2-6-18(28)7-3-16/h2-9,12,19H,10-11,13-15H2,1H3,(H,29,35)(H2,30,31,32,33)/t19-/m1/s1. The van der Waals surface area contributed by atoms with Crippen molar-refractivity contribution in [1.29, 1.82) is 0 Å². The van der Waals surface area contributed by atoms with Crippen molar-refractivity contribution >= 4 is 34.4 Å². The molecule has 10 heteroatoms. The number of hydrogen-bond acceptors (Lipinski definition) is 6. The molecule has 1 saturated heterocycles. The van der Waals surface area contributed by atoms with Gasteiger partial charge in [-0.15, -0.1) is 0 Å². The molecule has 2 aromatic heterocycles. The highest BCUT2D eigenvalue weighted by Crippen LogP contribution is 2.32. The number of amides is 1. The van der Waals surface area contributed by atoms with Gasteiger partial charge in [0, 0.05) is 38.3 Å². The Labute approximate surface area is 212 Å². The van der Waals surface area contributed by atoms with E-state index >= 15 is 0 Å². The zero-order chi connectivity index (χ0) is 25.1. The van der Waals surface area contributed by atoms with Gasteiger partial charge in [-0.25, -0.2) is 14.4 Å². The number of aromatic amines is 1. The molecule has 0 aliphatic carbocycles. The normalized spacial score (nSPS) is 15.8. The molecule has 3 N–H and O–H groups in total. The summed E-state index contributed by atoms with van der Waals surface area (Å²) in [6, 6.07) is 14.2. The van der Waals surface area contributed by atoms with E-state index in [0.717, 1.165) is 48.4 Å².